The molecule has 0 amide bonds. The first-order valence-electron chi connectivity index (χ1n) is 8.23. The number of nitrogens with zero attached hydrogens (tertiary/aromatic N) is 5. The van der Waals surface area contributed by atoms with E-state index in [0.29, 0.717) is 5.15 Å². The molecule has 0 bridgehead atoms. The van der Waals surface area contributed by atoms with Crippen molar-refractivity contribution in [2.45, 2.75) is 0 Å². The number of aromatic nitrogens is 5. The average Bonchev–Trinajstić information content (AvgIpc) is 3.23. The lowest BCUT2D eigenvalue weighted by molar-refractivity contribution is 0.733. The summed E-state index contributed by atoms with van der Waals surface area (Å²) < 4.78 is 2.10. The van der Waals surface area contributed by atoms with Crippen LogP contribution in [0.3, 0.4) is 0 Å². The van der Waals surface area contributed by atoms with E-state index in [1.807, 2.05) is 54.6 Å². The molecule has 5 aromatic rings. The van der Waals surface area contributed by atoms with E-state index < -0.39 is 0 Å². The van der Waals surface area contributed by atoms with Crippen LogP contribution in [-0.2, 0) is 0 Å². The van der Waals surface area contributed by atoms with Gasteiger partial charge >= 0.3 is 0 Å². The van der Waals surface area contributed by atoms with Gasteiger partial charge in [0.15, 0.2) is 5.82 Å². The third-order valence-corrected chi connectivity index (χ3v) is 5.07. The van der Waals surface area contributed by atoms with E-state index in [4.69, 9.17) is 11.6 Å². The van der Waals surface area contributed by atoms with E-state index in [1.54, 1.807) is 18.5 Å². The summed E-state index contributed by atoms with van der Waals surface area (Å²) in [5.74, 6) is 0.722. The number of pyridine rings is 2. The predicted molar refractivity (Wildman–Crippen MR) is 119 cm³/mol. The molecule has 0 aliphatic carbocycles. The summed E-state index contributed by atoms with van der Waals surface area (Å²) in [6.45, 7) is 0. The summed E-state index contributed by atoms with van der Waals surface area (Å²) in [6.07, 6.45) is 3.26. The molecule has 3 aromatic heterocycles. The lowest BCUT2D eigenvalue weighted by atomic mass is 10.2. The molecule has 0 atom stereocenters. The van der Waals surface area contributed by atoms with Crippen molar-refractivity contribution < 1.29 is 0 Å². The monoisotopic (exact) mass is 515 g/mol. The van der Waals surface area contributed by atoms with Crippen LogP contribution in [-0.4, -0.2) is 25.0 Å². The summed E-state index contributed by atoms with van der Waals surface area (Å²) in [5, 5.41) is 10.8. The fourth-order valence-corrected chi connectivity index (χ4v) is 3.51. The second kappa shape index (κ2) is 8.34. The molecule has 0 aliphatic heterocycles. The van der Waals surface area contributed by atoms with Gasteiger partial charge < -0.3 is 0 Å². The molecule has 3 heterocycles. The van der Waals surface area contributed by atoms with Gasteiger partial charge in [0.2, 0.25) is 0 Å². The number of rotatable bonds is 1. The largest absolute Gasteiger partial charge is 0.236 e. The molecule has 5 nitrogen and oxygen atoms in total. The zero-order valence-corrected chi connectivity index (χ0v) is 18.2. The van der Waals surface area contributed by atoms with Gasteiger partial charge in [-0.2, -0.15) is 10.2 Å². The zero-order chi connectivity index (χ0) is 19.5. The average molecular weight is 518 g/mol. The molecule has 0 unspecified atom stereocenters. The lowest BCUT2D eigenvalue weighted by Gasteiger charge is -2.01. The molecule has 5 rings (SSSR count). The Kier molecular flexibility index (Phi) is 5.66. The molecule has 0 spiro atoms. The maximum atomic E-state index is 5.74. The van der Waals surface area contributed by atoms with Crippen molar-refractivity contribution in [1.82, 2.24) is 25.0 Å². The van der Waals surface area contributed by atoms with Gasteiger partial charge in [0.25, 0.3) is 0 Å². The standard InChI is InChI=1S/C11H7BrN4.C9H5BrClN/c12-9-2-3-10-8(7-9)1-4-11(15-10)16-13-5-6-14-16;10-7-2-3-8-6(5-7)1-4-9(11)12-8/h1-7H;1-5H. The van der Waals surface area contributed by atoms with E-state index in [-0.39, 0.29) is 0 Å². The SMILES string of the molecule is Brc1ccc2nc(-n3nccn3)ccc2c1.Clc1ccc2cc(Br)ccc2n1. The molecular formula is C20H12Br2ClN5. The van der Waals surface area contributed by atoms with Crippen LogP contribution in [0.5, 0.6) is 0 Å². The second-order valence-corrected chi connectivity index (χ2v) is 8.01. The highest BCUT2D eigenvalue weighted by atomic mass is 79.9. The summed E-state index contributed by atoms with van der Waals surface area (Å²) in [6, 6.07) is 19.5. The van der Waals surface area contributed by atoms with Gasteiger partial charge in [-0.05, 0) is 60.7 Å². The summed E-state index contributed by atoms with van der Waals surface area (Å²) in [4.78, 5) is 10.1. The van der Waals surface area contributed by atoms with Crippen LogP contribution in [0, 0.1) is 0 Å². The topological polar surface area (TPSA) is 56.5 Å². The van der Waals surface area contributed by atoms with Gasteiger partial charge in [0.05, 0.1) is 23.4 Å². The quantitative estimate of drug-likeness (QED) is 0.248. The highest BCUT2D eigenvalue weighted by Gasteiger charge is 2.01. The molecule has 0 saturated carbocycles. The Hall–Kier alpha value is -2.35. The highest BCUT2D eigenvalue weighted by Crippen LogP contribution is 2.20. The van der Waals surface area contributed by atoms with Crippen LogP contribution in [0.25, 0.3) is 27.6 Å². The summed E-state index contributed by atoms with van der Waals surface area (Å²) >= 11 is 12.6. The normalized spacial score (nSPS) is 10.7. The zero-order valence-electron chi connectivity index (χ0n) is 14.3. The minimum atomic E-state index is 0.532. The fraction of sp³-hybridized carbons (Fsp3) is 0. The third-order valence-electron chi connectivity index (χ3n) is 3.88. The predicted octanol–water partition coefficient (Wildman–Crippen LogP) is 6.23. The molecule has 0 N–H and O–H groups in total. The van der Waals surface area contributed by atoms with Crippen LogP contribution in [0.2, 0.25) is 5.15 Å². The van der Waals surface area contributed by atoms with Gasteiger partial charge in [0.1, 0.15) is 5.15 Å². The molecule has 138 valence electrons. The number of halogens is 3. The van der Waals surface area contributed by atoms with E-state index in [0.717, 1.165) is 36.6 Å². The Bertz CT molecular complexity index is 1220. The van der Waals surface area contributed by atoms with Crippen molar-refractivity contribution in [3.05, 3.63) is 87.2 Å². The number of fused-ring (bicyclic) bond motifs is 2. The lowest BCUT2D eigenvalue weighted by Crippen LogP contribution is -2.00. The van der Waals surface area contributed by atoms with Gasteiger partial charge in [-0.3, -0.25) is 0 Å². The van der Waals surface area contributed by atoms with Crippen molar-refractivity contribution in [3.63, 3.8) is 0 Å². The Morgan fingerprint density at radius 2 is 1.25 bits per heavy atom. The first-order valence-corrected chi connectivity index (χ1v) is 10.2. The molecule has 28 heavy (non-hydrogen) atoms. The fourth-order valence-electron chi connectivity index (χ4n) is 2.60. The molecule has 0 aliphatic rings. The van der Waals surface area contributed by atoms with Gasteiger partial charge in [-0.1, -0.05) is 43.5 Å². The van der Waals surface area contributed by atoms with Gasteiger partial charge in [-0.25, -0.2) is 9.97 Å². The van der Waals surface area contributed by atoms with Crippen molar-refractivity contribution in [3.8, 4) is 5.82 Å². The molecule has 2 aromatic carbocycles. The minimum absolute atomic E-state index is 0.532. The van der Waals surface area contributed by atoms with Crippen LogP contribution in [0.1, 0.15) is 0 Å². The highest BCUT2D eigenvalue weighted by molar-refractivity contribution is 9.10. The first-order chi connectivity index (χ1) is 13.6. The molecule has 8 heteroatoms. The van der Waals surface area contributed by atoms with Gasteiger partial charge in [-0.15, -0.1) is 4.80 Å². The van der Waals surface area contributed by atoms with Crippen molar-refractivity contribution in [2.24, 2.45) is 0 Å². The van der Waals surface area contributed by atoms with Crippen LogP contribution >= 0.6 is 43.5 Å². The van der Waals surface area contributed by atoms with Crippen LogP contribution in [0.4, 0.5) is 0 Å². The summed E-state index contributed by atoms with van der Waals surface area (Å²) in [7, 11) is 0. The smallest absolute Gasteiger partial charge is 0.174 e. The van der Waals surface area contributed by atoms with E-state index >= 15 is 0 Å². The first kappa shape index (κ1) is 19.0. The van der Waals surface area contributed by atoms with Crippen molar-refractivity contribution in [2.75, 3.05) is 0 Å². The Labute approximate surface area is 182 Å². The minimum Gasteiger partial charge on any atom is -0.236 e. The number of benzene rings is 2. The molecule has 0 radical (unpaired) electrons. The maximum Gasteiger partial charge on any atom is 0.174 e. The van der Waals surface area contributed by atoms with E-state index in [1.165, 1.54) is 4.80 Å². The molecule has 0 fully saturated rings. The Morgan fingerprint density at radius 3 is 1.89 bits per heavy atom. The Morgan fingerprint density at radius 1 is 0.679 bits per heavy atom. The van der Waals surface area contributed by atoms with Crippen molar-refractivity contribution in [1.29, 1.82) is 0 Å². The van der Waals surface area contributed by atoms with E-state index in [2.05, 4.69) is 52.0 Å². The molecule has 0 saturated heterocycles. The molecular weight excluding hydrogens is 506 g/mol. The second-order valence-electron chi connectivity index (χ2n) is 5.80. The van der Waals surface area contributed by atoms with E-state index in [9.17, 15) is 0 Å². The summed E-state index contributed by atoms with van der Waals surface area (Å²) in [5.41, 5.74) is 1.85. The number of hydrogen-bond donors (Lipinski definition) is 0. The number of hydrogen-bond acceptors (Lipinski definition) is 4. The van der Waals surface area contributed by atoms with Crippen LogP contribution < -0.4 is 0 Å². The Balaban J connectivity index is 0.000000143. The van der Waals surface area contributed by atoms with Crippen molar-refractivity contribution >= 4 is 65.3 Å². The van der Waals surface area contributed by atoms with Gasteiger partial charge in [0, 0.05) is 19.7 Å². The third kappa shape index (κ3) is 4.38. The van der Waals surface area contributed by atoms with Crippen LogP contribution in [0.15, 0.2) is 82.0 Å². The maximum absolute atomic E-state index is 5.74.